The molecule has 0 unspecified atom stereocenters. The van der Waals surface area contributed by atoms with Crippen LogP contribution in [0.25, 0.3) is 10.9 Å². The van der Waals surface area contributed by atoms with Crippen molar-refractivity contribution in [3.8, 4) is 0 Å². The smallest absolute Gasteiger partial charge is 0.275 e. The first kappa shape index (κ1) is 20.0. The van der Waals surface area contributed by atoms with E-state index in [1.807, 2.05) is 29.2 Å². The summed E-state index contributed by atoms with van der Waals surface area (Å²) in [7, 11) is 1.68. The van der Waals surface area contributed by atoms with Crippen molar-refractivity contribution in [2.24, 2.45) is 0 Å². The van der Waals surface area contributed by atoms with Crippen molar-refractivity contribution in [1.82, 2.24) is 24.9 Å². The summed E-state index contributed by atoms with van der Waals surface area (Å²) in [5.41, 5.74) is 1.76. The number of carbonyl (C=O) groups excluding carboxylic acids is 2. The second-order valence-electron chi connectivity index (χ2n) is 7.53. The fourth-order valence-electron chi connectivity index (χ4n) is 3.67. The molecule has 156 valence electrons. The van der Waals surface area contributed by atoms with Gasteiger partial charge in [-0.2, -0.15) is 5.10 Å². The van der Waals surface area contributed by atoms with E-state index in [-0.39, 0.29) is 30.7 Å². The first-order chi connectivity index (χ1) is 14.5. The topological polar surface area (TPSA) is 72.5 Å². The van der Waals surface area contributed by atoms with Crippen LogP contribution in [0.4, 0.5) is 4.39 Å². The number of para-hydroxylation sites is 1. The summed E-state index contributed by atoms with van der Waals surface area (Å²) in [4.78, 5) is 30.7. The number of piperazine rings is 1. The maximum atomic E-state index is 13.8. The molecule has 2 aromatic carbocycles. The molecule has 1 aliphatic rings. The normalized spacial score (nSPS) is 14.8. The van der Waals surface area contributed by atoms with Crippen molar-refractivity contribution < 1.29 is 14.0 Å². The molecule has 7 nitrogen and oxygen atoms in total. The Bertz CT molecular complexity index is 1060. The lowest BCUT2D eigenvalue weighted by atomic mass is 10.2. The van der Waals surface area contributed by atoms with Crippen molar-refractivity contribution in [2.75, 3.05) is 39.8 Å². The zero-order valence-electron chi connectivity index (χ0n) is 16.8. The highest BCUT2D eigenvalue weighted by Crippen LogP contribution is 2.18. The maximum absolute atomic E-state index is 13.8. The molecule has 0 spiro atoms. The van der Waals surface area contributed by atoms with Gasteiger partial charge in [-0.1, -0.05) is 36.4 Å². The summed E-state index contributed by atoms with van der Waals surface area (Å²) in [5.74, 6) is -0.485. The average Bonchev–Trinajstić information content (AvgIpc) is 3.19. The van der Waals surface area contributed by atoms with Gasteiger partial charge in [-0.3, -0.25) is 19.6 Å². The number of aromatic nitrogens is 2. The Morgan fingerprint density at radius 1 is 1.07 bits per heavy atom. The molecule has 2 amide bonds. The number of hydrogen-bond donors (Lipinski definition) is 1. The predicted octanol–water partition coefficient (Wildman–Crippen LogP) is 2.12. The molecule has 1 fully saturated rings. The van der Waals surface area contributed by atoms with Crippen LogP contribution in [0.5, 0.6) is 0 Å². The highest BCUT2D eigenvalue weighted by Gasteiger charge is 2.26. The molecule has 4 rings (SSSR count). The van der Waals surface area contributed by atoms with Crippen LogP contribution < -0.4 is 0 Å². The molecule has 0 aliphatic carbocycles. The van der Waals surface area contributed by atoms with E-state index in [2.05, 4.69) is 10.2 Å². The van der Waals surface area contributed by atoms with Crippen LogP contribution in [-0.2, 0) is 11.3 Å². The molecule has 1 N–H and O–H groups in total. The molecule has 0 radical (unpaired) electrons. The number of H-pyrrole nitrogens is 1. The molecule has 1 saturated heterocycles. The van der Waals surface area contributed by atoms with Crippen molar-refractivity contribution in [1.29, 1.82) is 0 Å². The Balaban J connectivity index is 1.30. The van der Waals surface area contributed by atoms with Gasteiger partial charge in [0.05, 0.1) is 12.1 Å². The number of rotatable bonds is 5. The van der Waals surface area contributed by atoms with Crippen LogP contribution in [0.3, 0.4) is 0 Å². The SMILES string of the molecule is CN(Cc1ccccc1F)C(=O)CN1CCN(C(=O)c2n[nH]c3ccccc23)CC1. The van der Waals surface area contributed by atoms with Crippen LogP contribution in [0.2, 0.25) is 0 Å². The monoisotopic (exact) mass is 409 g/mol. The molecule has 1 aliphatic heterocycles. The summed E-state index contributed by atoms with van der Waals surface area (Å²) < 4.78 is 13.8. The van der Waals surface area contributed by atoms with E-state index >= 15 is 0 Å². The van der Waals surface area contributed by atoms with Crippen molar-refractivity contribution >= 4 is 22.7 Å². The van der Waals surface area contributed by atoms with E-state index in [4.69, 9.17) is 0 Å². The summed E-state index contributed by atoms with van der Waals surface area (Å²) in [5, 5.41) is 7.90. The van der Waals surface area contributed by atoms with Gasteiger partial charge in [-0.05, 0) is 12.1 Å². The minimum absolute atomic E-state index is 0.0728. The number of nitrogens with zero attached hydrogens (tertiary/aromatic N) is 4. The number of nitrogens with one attached hydrogen (secondary N) is 1. The Kier molecular flexibility index (Phi) is 5.76. The average molecular weight is 409 g/mol. The minimum atomic E-state index is -0.310. The summed E-state index contributed by atoms with van der Waals surface area (Å²) >= 11 is 0. The highest BCUT2D eigenvalue weighted by molar-refractivity contribution is 6.04. The lowest BCUT2D eigenvalue weighted by Crippen LogP contribution is -2.51. The second-order valence-corrected chi connectivity index (χ2v) is 7.53. The maximum Gasteiger partial charge on any atom is 0.275 e. The van der Waals surface area contributed by atoms with Gasteiger partial charge in [-0.25, -0.2) is 4.39 Å². The Morgan fingerprint density at radius 2 is 1.77 bits per heavy atom. The van der Waals surface area contributed by atoms with Crippen LogP contribution in [0.15, 0.2) is 48.5 Å². The second kappa shape index (κ2) is 8.62. The lowest BCUT2D eigenvalue weighted by molar-refractivity contribution is -0.132. The van der Waals surface area contributed by atoms with Gasteiger partial charge >= 0.3 is 0 Å². The number of likely N-dealkylation sites (N-methyl/N-ethyl adjacent to an activating group) is 1. The van der Waals surface area contributed by atoms with Crippen molar-refractivity contribution in [3.05, 3.63) is 65.6 Å². The van der Waals surface area contributed by atoms with E-state index in [1.54, 1.807) is 30.1 Å². The van der Waals surface area contributed by atoms with Crippen LogP contribution in [-0.4, -0.2) is 76.5 Å². The summed E-state index contributed by atoms with van der Waals surface area (Å²) in [6.07, 6.45) is 0. The van der Waals surface area contributed by atoms with Gasteiger partial charge in [-0.15, -0.1) is 0 Å². The molecule has 0 atom stereocenters. The number of halogens is 1. The third-order valence-corrected chi connectivity index (χ3v) is 5.48. The first-order valence-corrected chi connectivity index (χ1v) is 9.95. The fraction of sp³-hybridized carbons (Fsp3) is 0.318. The molecule has 30 heavy (non-hydrogen) atoms. The molecule has 0 saturated carbocycles. The Hall–Kier alpha value is -3.26. The standard InChI is InChI=1S/C22H24FN5O2/c1-26(14-16-6-2-4-8-18(16)23)20(29)15-27-10-12-28(13-11-27)22(30)21-17-7-3-5-9-19(17)24-25-21/h2-9H,10-15H2,1H3,(H,24,25). The van der Waals surface area contributed by atoms with E-state index in [1.165, 1.54) is 11.0 Å². The molecular formula is C22H24FN5O2. The van der Waals surface area contributed by atoms with Gasteiger partial charge in [0.25, 0.3) is 5.91 Å². The number of fused-ring (bicyclic) bond motifs is 1. The van der Waals surface area contributed by atoms with Gasteiger partial charge in [0.1, 0.15) is 5.82 Å². The van der Waals surface area contributed by atoms with E-state index in [9.17, 15) is 14.0 Å². The third kappa shape index (κ3) is 4.18. The van der Waals surface area contributed by atoms with Crippen LogP contribution in [0, 0.1) is 5.82 Å². The molecule has 1 aromatic heterocycles. The largest absolute Gasteiger partial charge is 0.340 e. The Labute approximate surface area is 174 Å². The molecular weight excluding hydrogens is 385 g/mol. The first-order valence-electron chi connectivity index (χ1n) is 9.95. The van der Waals surface area contributed by atoms with E-state index in [0.717, 1.165) is 10.9 Å². The van der Waals surface area contributed by atoms with Gasteiger partial charge in [0.2, 0.25) is 5.91 Å². The summed E-state index contributed by atoms with van der Waals surface area (Å²) in [6.45, 7) is 2.75. The molecule has 3 aromatic rings. The van der Waals surface area contributed by atoms with Crippen LogP contribution >= 0.6 is 0 Å². The van der Waals surface area contributed by atoms with E-state index in [0.29, 0.717) is 37.4 Å². The van der Waals surface area contributed by atoms with Crippen molar-refractivity contribution in [3.63, 3.8) is 0 Å². The fourth-order valence-corrected chi connectivity index (χ4v) is 3.67. The number of benzene rings is 2. The van der Waals surface area contributed by atoms with E-state index < -0.39 is 0 Å². The zero-order valence-corrected chi connectivity index (χ0v) is 16.8. The number of carbonyl (C=O) groups is 2. The number of aromatic amines is 1. The molecule has 8 heteroatoms. The summed E-state index contributed by atoms with van der Waals surface area (Å²) in [6, 6.07) is 14.0. The third-order valence-electron chi connectivity index (χ3n) is 5.48. The molecule has 2 heterocycles. The lowest BCUT2D eigenvalue weighted by Gasteiger charge is -2.34. The Morgan fingerprint density at radius 3 is 2.53 bits per heavy atom. The minimum Gasteiger partial charge on any atom is -0.340 e. The highest BCUT2D eigenvalue weighted by atomic mass is 19.1. The predicted molar refractivity (Wildman–Crippen MR) is 111 cm³/mol. The molecule has 0 bridgehead atoms. The number of amides is 2. The van der Waals surface area contributed by atoms with Gasteiger partial charge in [0, 0.05) is 50.7 Å². The van der Waals surface area contributed by atoms with Gasteiger partial charge < -0.3 is 9.80 Å². The van der Waals surface area contributed by atoms with Crippen LogP contribution in [0.1, 0.15) is 16.1 Å². The zero-order chi connectivity index (χ0) is 21.1. The van der Waals surface area contributed by atoms with Gasteiger partial charge in [0.15, 0.2) is 5.69 Å². The number of hydrogen-bond acceptors (Lipinski definition) is 4. The quantitative estimate of drug-likeness (QED) is 0.701. The van der Waals surface area contributed by atoms with Crippen molar-refractivity contribution in [2.45, 2.75) is 6.54 Å².